The Balaban J connectivity index is 2.38. The van der Waals surface area contributed by atoms with E-state index in [1.165, 1.54) is 24.3 Å². The summed E-state index contributed by atoms with van der Waals surface area (Å²) in [7, 11) is -3.96. The molecule has 20 heavy (non-hydrogen) atoms. The predicted octanol–water partition coefficient (Wildman–Crippen LogP) is 3.40. The Kier molecular flexibility index (Phi) is 4.12. The molecule has 0 aliphatic rings. The van der Waals surface area contributed by atoms with Crippen LogP contribution in [0, 0.1) is 18.3 Å². The molecule has 0 bridgehead atoms. The van der Waals surface area contributed by atoms with Gasteiger partial charge in [-0.1, -0.05) is 12.1 Å². The van der Waals surface area contributed by atoms with Crippen LogP contribution in [0.4, 0.5) is 0 Å². The van der Waals surface area contributed by atoms with Gasteiger partial charge >= 0.3 is 10.1 Å². The summed E-state index contributed by atoms with van der Waals surface area (Å²) in [6.07, 6.45) is 0. The molecule has 4 nitrogen and oxygen atoms in total. The molecule has 0 amide bonds. The Morgan fingerprint density at radius 3 is 2.60 bits per heavy atom. The second-order valence-corrected chi connectivity index (χ2v) is 6.51. The smallest absolute Gasteiger partial charge is 0.339 e. The number of rotatable bonds is 3. The van der Waals surface area contributed by atoms with Gasteiger partial charge in [0.25, 0.3) is 0 Å². The van der Waals surface area contributed by atoms with E-state index in [1.54, 1.807) is 18.2 Å². The minimum atomic E-state index is -3.96. The zero-order valence-electron chi connectivity index (χ0n) is 10.5. The van der Waals surface area contributed by atoms with E-state index in [1.807, 2.05) is 13.0 Å². The van der Waals surface area contributed by atoms with Crippen LogP contribution in [-0.2, 0) is 10.1 Å². The number of nitriles is 1. The largest absolute Gasteiger partial charge is 0.378 e. The lowest BCUT2D eigenvalue weighted by Crippen LogP contribution is -2.10. The molecule has 0 atom stereocenters. The maximum absolute atomic E-state index is 12.2. The van der Waals surface area contributed by atoms with E-state index < -0.39 is 10.1 Å². The molecular formula is C14H10BrNO3S. The summed E-state index contributed by atoms with van der Waals surface area (Å²) in [4.78, 5) is -0.0518. The van der Waals surface area contributed by atoms with Crippen molar-refractivity contribution < 1.29 is 12.6 Å². The van der Waals surface area contributed by atoms with Crippen molar-refractivity contribution in [3.8, 4) is 11.8 Å². The number of benzene rings is 2. The van der Waals surface area contributed by atoms with E-state index in [0.29, 0.717) is 4.47 Å². The van der Waals surface area contributed by atoms with Gasteiger partial charge < -0.3 is 4.18 Å². The fourth-order valence-electron chi connectivity index (χ4n) is 1.56. The summed E-state index contributed by atoms with van der Waals surface area (Å²) >= 11 is 3.26. The van der Waals surface area contributed by atoms with E-state index in [0.717, 1.165) is 5.56 Å². The van der Waals surface area contributed by atoms with Crippen LogP contribution in [0.3, 0.4) is 0 Å². The Bertz CT molecular complexity index is 794. The van der Waals surface area contributed by atoms with Gasteiger partial charge in [-0.15, -0.1) is 0 Å². The van der Waals surface area contributed by atoms with Crippen LogP contribution in [0.5, 0.6) is 5.75 Å². The molecule has 0 aliphatic carbocycles. The first kappa shape index (κ1) is 14.6. The second kappa shape index (κ2) is 5.65. The lowest BCUT2D eigenvalue weighted by atomic mass is 10.2. The van der Waals surface area contributed by atoms with E-state index in [9.17, 15) is 8.42 Å². The SMILES string of the molecule is Cc1ccc(OS(=O)(=O)c2cccc(C#N)c2)c(Br)c1. The average molecular weight is 352 g/mol. The summed E-state index contributed by atoms with van der Waals surface area (Å²) in [5.41, 5.74) is 1.24. The van der Waals surface area contributed by atoms with Crippen LogP contribution in [0.15, 0.2) is 51.8 Å². The molecule has 0 N–H and O–H groups in total. The van der Waals surface area contributed by atoms with Crippen molar-refractivity contribution in [3.63, 3.8) is 0 Å². The molecule has 0 unspecified atom stereocenters. The minimum Gasteiger partial charge on any atom is -0.378 e. The number of hydrogen-bond donors (Lipinski definition) is 0. The van der Waals surface area contributed by atoms with Crippen LogP contribution >= 0.6 is 15.9 Å². The molecule has 0 saturated heterocycles. The lowest BCUT2D eigenvalue weighted by molar-refractivity contribution is 0.484. The topological polar surface area (TPSA) is 67.2 Å². The first-order valence-electron chi connectivity index (χ1n) is 5.63. The van der Waals surface area contributed by atoms with E-state index >= 15 is 0 Å². The van der Waals surface area contributed by atoms with Gasteiger partial charge in [-0.25, -0.2) is 0 Å². The van der Waals surface area contributed by atoms with Crippen LogP contribution in [-0.4, -0.2) is 8.42 Å². The third-order valence-electron chi connectivity index (χ3n) is 2.54. The lowest BCUT2D eigenvalue weighted by Gasteiger charge is -2.09. The molecule has 0 spiro atoms. The fraction of sp³-hybridized carbons (Fsp3) is 0.0714. The third kappa shape index (κ3) is 3.18. The molecule has 0 aliphatic heterocycles. The number of nitrogens with zero attached hydrogens (tertiary/aromatic N) is 1. The first-order chi connectivity index (χ1) is 9.42. The van der Waals surface area contributed by atoms with Crippen molar-refractivity contribution >= 4 is 26.0 Å². The minimum absolute atomic E-state index is 0.0518. The molecule has 2 aromatic rings. The molecule has 0 heterocycles. The van der Waals surface area contributed by atoms with Crippen LogP contribution in [0.25, 0.3) is 0 Å². The van der Waals surface area contributed by atoms with Crippen LogP contribution in [0.1, 0.15) is 11.1 Å². The highest BCUT2D eigenvalue weighted by Gasteiger charge is 2.18. The Morgan fingerprint density at radius 1 is 1.20 bits per heavy atom. The number of halogens is 1. The van der Waals surface area contributed by atoms with E-state index in [4.69, 9.17) is 9.44 Å². The van der Waals surface area contributed by atoms with Gasteiger partial charge in [-0.05, 0) is 58.7 Å². The van der Waals surface area contributed by atoms with Crippen LogP contribution < -0.4 is 4.18 Å². The summed E-state index contributed by atoms with van der Waals surface area (Å²) in [6.45, 7) is 1.89. The Morgan fingerprint density at radius 2 is 1.95 bits per heavy atom. The summed E-state index contributed by atoms with van der Waals surface area (Å²) < 4.78 is 30.0. The van der Waals surface area contributed by atoms with Crippen molar-refractivity contribution in [2.45, 2.75) is 11.8 Å². The number of hydrogen-bond acceptors (Lipinski definition) is 4. The third-order valence-corrected chi connectivity index (χ3v) is 4.39. The van der Waals surface area contributed by atoms with Gasteiger partial charge in [0.2, 0.25) is 0 Å². The summed E-state index contributed by atoms with van der Waals surface area (Å²) in [5.74, 6) is 0.206. The fourth-order valence-corrected chi connectivity index (χ4v) is 3.24. The van der Waals surface area contributed by atoms with E-state index in [-0.39, 0.29) is 16.2 Å². The first-order valence-corrected chi connectivity index (χ1v) is 7.83. The molecular weight excluding hydrogens is 342 g/mol. The van der Waals surface area contributed by atoms with Crippen molar-refractivity contribution in [1.29, 1.82) is 5.26 Å². The summed E-state index contributed by atoms with van der Waals surface area (Å²) in [5, 5.41) is 8.80. The molecule has 2 rings (SSSR count). The maximum Gasteiger partial charge on any atom is 0.339 e. The highest BCUT2D eigenvalue weighted by molar-refractivity contribution is 9.10. The maximum atomic E-state index is 12.2. The normalized spacial score (nSPS) is 10.8. The highest BCUT2D eigenvalue weighted by Crippen LogP contribution is 2.28. The van der Waals surface area contributed by atoms with E-state index in [2.05, 4.69) is 15.9 Å². The Labute approximate surface area is 125 Å². The van der Waals surface area contributed by atoms with Crippen molar-refractivity contribution in [2.24, 2.45) is 0 Å². The van der Waals surface area contributed by atoms with Crippen molar-refractivity contribution in [3.05, 3.63) is 58.1 Å². The van der Waals surface area contributed by atoms with Gasteiger partial charge in [0.1, 0.15) is 4.90 Å². The molecule has 2 aromatic carbocycles. The molecule has 0 saturated carbocycles. The van der Waals surface area contributed by atoms with Crippen molar-refractivity contribution in [1.82, 2.24) is 0 Å². The standard InChI is InChI=1S/C14H10BrNO3S/c1-10-5-6-14(13(15)7-10)19-20(17,18)12-4-2-3-11(8-12)9-16/h2-8H,1H3. The molecule has 0 radical (unpaired) electrons. The molecule has 102 valence electrons. The van der Waals surface area contributed by atoms with Gasteiger partial charge in [0, 0.05) is 0 Å². The zero-order valence-corrected chi connectivity index (χ0v) is 12.9. The summed E-state index contributed by atoms with van der Waals surface area (Å²) in [6, 6.07) is 12.7. The monoisotopic (exact) mass is 351 g/mol. The average Bonchev–Trinajstić information content (AvgIpc) is 2.42. The zero-order chi connectivity index (χ0) is 14.8. The van der Waals surface area contributed by atoms with Gasteiger partial charge in [-0.3, -0.25) is 0 Å². The number of aryl methyl sites for hydroxylation is 1. The highest BCUT2D eigenvalue weighted by atomic mass is 79.9. The van der Waals surface area contributed by atoms with Crippen molar-refractivity contribution in [2.75, 3.05) is 0 Å². The molecule has 0 fully saturated rings. The Hall–Kier alpha value is -1.84. The van der Waals surface area contributed by atoms with Crippen LogP contribution in [0.2, 0.25) is 0 Å². The quantitative estimate of drug-likeness (QED) is 0.794. The molecule has 0 aromatic heterocycles. The van der Waals surface area contributed by atoms with Gasteiger partial charge in [0.05, 0.1) is 16.1 Å². The molecule has 6 heteroatoms. The predicted molar refractivity (Wildman–Crippen MR) is 77.8 cm³/mol. The van der Waals surface area contributed by atoms with Gasteiger partial charge in [-0.2, -0.15) is 13.7 Å². The second-order valence-electron chi connectivity index (χ2n) is 4.11. The van der Waals surface area contributed by atoms with Gasteiger partial charge in [0.15, 0.2) is 5.75 Å².